The topological polar surface area (TPSA) is 51.2 Å². The van der Waals surface area contributed by atoms with Gasteiger partial charge in [0.05, 0.1) is 0 Å². The third-order valence-electron chi connectivity index (χ3n) is 2.80. The molecule has 1 heterocycles. The van der Waals surface area contributed by atoms with E-state index >= 15 is 0 Å². The van der Waals surface area contributed by atoms with Crippen molar-refractivity contribution in [1.82, 2.24) is 10.3 Å². The Bertz CT molecular complexity index is 606. The van der Waals surface area contributed by atoms with Gasteiger partial charge in [0.2, 0.25) is 0 Å². The molecule has 0 unspecified atom stereocenters. The van der Waals surface area contributed by atoms with Crippen LogP contribution in [0.25, 0.3) is 0 Å². The number of rotatable bonds is 6. The van der Waals surface area contributed by atoms with E-state index in [1.165, 1.54) is 0 Å². The lowest BCUT2D eigenvalue weighted by Crippen LogP contribution is -2.22. The van der Waals surface area contributed by atoms with E-state index < -0.39 is 0 Å². The van der Waals surface area contributed by atoms with Gasteiger partial charge in [-0.15, -0.1) is 0 Å². The van der Waals surface area contributed by atoms with Crippen LogP contribution >= 0.6 is 0 Å². The number of amides is 1. The molecule has 0 saturated carbocycles. The van der Waals surface area contributed by atoms with E-state index in [1.54, 1.807) is 36.7 Å². The molecule has 2 rings (SSSR count). The monoisotopic (exact) mass is 282 g/mol. The van der Waals surface area contributed by atoms with E-state index in [9.17, 15) is 4.79 Å². The molecule has 108 valence electrons. The lowest BCUT2D eigenvalue weighted by Gasteiger charge is -2.08. The molecule has 0 spiro atoms. The predicted octanol–water partition coefficient (Wildman–Crippen LogP) is 2.97. The summed E-state index contributed by atoms with van der Waals surface area (Å²) in [5, 5.41) is 2.86. The number of nitrogens with one attached hydrogen (secondary N) is 1. The molecular weight excluding hydrogens is 264 g/mol. The molecule has 4 heteroatoms. The number of ether oxygens (including phenoxy) is 1. The van der Waals surface area contributed by atoms with Crippen LogP contribution in [0.4, 0.5) is 0 Å². The zero-order valence-corrected chi connectivity index (χ0v) is 12.0. The second-order valence-corrected chi connectivity index (χ2v) is 4.81. The van der Waals surface area contributed by atoms with Gasteiger partial charge in [0.15, 0.2) is 0 Å². The summed E-state index contributed by atoms with van der Waals surface area (Å²) in [6, 6.07) is 10.8. The van der Waals surface area contributed by atoms with Crippen LogP contribution < -0.4 is 10.1 Å². The van der Waals surface area contributed by atoms with Gasteiger partial charge in [-0.25, -0.2) is 0 Å². The number of carbonyl (C=O) groups is 1. The van der Waals surface area contributed by atoms with Crippen LogP contribution in [0.2, 0.25) is 0 Å². The molecule has 1 amide bonds. The van der Waals surface area contributed by atoms with Crippen LogP contribution in [0, 0.1) is 0 Å². The molecule has 4 nitrogen and oxygen atoms in total. The van der Waals surface area contributed by atoms with Crippen molar-refractivity contribution in [3.05, 3.63) is 72.1 Å². The van der Waals surface area contributed by atoms with Gasteiger partial charge in [-0.3, -0.25) is 9.78 Å². The van der Waals surface area contributed by atoms with E-state index in [1.807, 2.05) is 19.1 Å². The number of hydrogen-bond donors (Lipinski definition) is 1. The number of hydrogen-bond acceptors (Lipinski definition) is 3. The minimum atomic E-state index is -0.113. The quantitative estimate of drug-likeness (QED) is 0.829. The fourth-order valence-corrected chi connectivity index (χ4v) is 1.69. The average Bonchev–Trinajstić information content (AvgIpc) is 2.52. The first kappa shape index (κ1) is 14.8. The summed E-state index contributed by atoms with van der Waals surface area (Å²) in [6.45, 7) is 6.64. The van der Waals surface area contributed by atoms with E-state index in [4.69, 9.17) is 4.74 Å². The molecule has 0 radical (unpaired) electrons. The highest BCUT2D eigenvalue weighted by Gasteiger charge is 2.05. The highest BCUT2D eigenvalue weighted by atomic mass is 16.5. The number of benzene rings is 1. The maximum absolute atomic E-state index is 12.0. The minimum Gasteiger partial charge on any atom is -0.489 e. The normalized spacial score (nSPS) is 9.95. The zero-order valence-electron chi connectivity index (χ0n) is 12.0. The highest BCUT2D eigenvalue weighted by Crippen LogP contribution is 2.13. The van der Waals surface area contributed by atoms with Crippen LogP contribution in [0.15, 0.2) is 60.9 Å². The van der Waals surface area contributed by atoms with Crippen LogP contribution in [0.5, 0.6) is 5.75 Å². The first-order chi connectivity index (χ1) is 10.1. The molecule has 1 aromatic carbocycles. The summed E-state index contributed by atoms with van der Waals surface area (Å²) in [6.07, 6.45) is 3.41. The molecule has 0 aliphatic heterocycles. The standard InChI is InChI=1S/C17H18N2O2/c1-13(2)12-21-16-5-3-15(4-6-16)17(20)19-11-14-7-9-18-10-8-14/h3-10H,1,11-12H2,2H3,(H,19,20). The third-order valence-corrected chi connectivity index (χ3v) is 2.80. The molecule has 1 N–H and O–H groups in total. The lowest BCUT2D eigenvalue weighted by atomic mass is 10.2. The summed E-state index contributed by atoms with van der Waals surface area (Å²) in [5.74, 6) is 0.613. The summed E-state index contributed by atoms with van der Waals surface area (Å²) in [5.41, 5.74) is 2.57. The van der Waals surface area contributed by atoms with Crippen molar-refractivity contribution in [2.45, 2.75) is 13.5 Å². The lowest BCUT2D eigenvalue weighted by molar-refractivity contribution is 0.0951. The van der Waals surface area contributed by atoms with Gasteiger partial charge in [-0.05, 0) is 54.5 Å². The van der Waals surface area contributed by atoms with Crippen molar-refractivity contribution in [3.63, 3.8) is 0 Å². The molecule has 0 atom stereocenters. The smallest absolute Gasteiger partial charge is 0.251 e. The fraction of sp³-hybridized carbons (Fsp3) is 0.176. The van der Waals surface area contributed by atoms with E-state index in [2.05, 4.69) is 16.9 Å². The van der Waals surface area contributed by atoms with E-state index in [0.29, 0.717) is 18.7 Å². The Labute approximate surface area is 124 Å². The molecular formula is C17H18N2O2. The fourth-order valence-electron chi connectivity index (χ4n) is 1.69. The van der Waals surface area contributed by atoms with Gasteiger partial charge >= 0.3 is 0 Å². The van der Waals surface area contributed by atoms with Crippen molar-refractivity contribution >= 4 is 5.91 Å². The Morgan fingerprint density at radius 2 is 1.86 bits per heavy atom. The Balaban J connectivity index is 1.89. The summed E-state index contributed by atoms with van der Waals surface area (Å²) >= 11 is 0. The summed E-state index contributed by atoms with van der Waals surface area (Å²) in [4.78, 5) is 16.0. The maximum Gasteiger partial charge on any atom is 0.251 e. The van der Waals surface area contributed by atoms with Crippen molar-refractivity contribution in [2.75, 3.05) is 6.61 Å². The van der Waals surface area contributed by atoms with Gasteiger partial charge in [-0.2, -0.15) is 0 Å². The predicted molar refractivity (Wildman–Crippen MR) is 82.2 cm³/mol. The van der Waals surface area contributed by atoms with Gasteiger partial charge < -0.3 is 10.1 Å². The number of carbonyl (C=O) groups excluding carboxylic acids is 1. The van der Waals surface area contributed by atoms with Crippen LogP contribution in [-0.4, -0.2) is 17.5 Å². The van der Waals surface area contributed by atoms with Gasteiger partial charge in [0.1, 0.15) is 12.4 Å². The number of pyridine rings is 1. The maximum atomic E-state index is 12.0. The molecule has 0 bridgehead atoms. The molecule has 0 aliphatic carbocycles. The third kappa shape index (κ3) is 4.76. The molecule has 2 aromatic rings. The minimum absolute atomic E-state index is 0.113. The van der Waals surface area contributed by atoms with Crippen molar-refractivity contribution in [2.24, 2.45) is 0 Å². The van der Waals surface area contributed by atoms with Gasteiger partial charge in [0, 0.05) is 24.5 Å². The molecule has 0 aliphatic rings. The van der Waals surface area contributed by atoms with Crippen molar-refractivity contribution in [3.8, 4) is 5.75 Å². The second-order valence-electron chi connectivity index (χ2n) is 4.81. The summed E-state index contributed by atoms with van der Waals surface area (Å²) < 4.78 is 5.49. The average molecular weight is 282 g/mol. The largest absolute Gasteiger partial charge is 0.489 e. The Hall–Kier alpha value is -2.62. The Morgan fingerprint density at radius 3 is 2.48 bits per heavy atom. The number of aromatic nitrogens is 1. The first-order valence-corrected chi connectivity index (χ1v) is 6.69. The number of nitrogens with zero attached hydrogens (tertiary/aromatic N) is 1. The SMILES string of the molecule is C=C(C)COc1ccc(C(=O)NCc2ccncc2)cc1. The van der Waals surface area contributed by atoms with E-state index in [-0.39, 0.29) is 5.91 Å². The van der Waals surface area contributed by atoms with Crippen LogP contribution in [0.1, 0.15) is 22.8 Å². The second kappa shape index (κ2) is 7.24. The van der Waals surface area contributed by atoms with Gasteiger partial charge in [-0.1, -0.05) is 6.58 Å². The van der Waals surface area contributed by atoms with Crippen LogP contribution in [0.3, 0.4) is 0 Å². The molecule has 21 heavy (non-hydrogen) atoms. The Morgan fingerprint density at radius 1 is 1.19 bits per heavy atom. The molecule has 0 fully saturated rings. The van der Waals surface area contributed by atoms with E-state index in [0.717, 1.165) is 16.9 Å². The summed E-state index contributed by atoms with van der Waals surface area (Å²) in [7, 11) is 0. The van der Waals surface area contributed by atoms with Gasteiger partial charge in [0.25, 0.3) is 5.91 Å². The van der Waals surface area contributed by atoms with Crippen molar-refractivity contribution < 1.29 is 9.53 Å². The Kier molecular flexibility index (Phi) is 5.10. The molecule has 0 saturated heterocycles. The zero-order chi connectivity index (χ0) is 15.1. The molecule has 1 aromatic heterocycles. The van der Waals surface area contributed by atoms with Crippen LogP contribution in [-0.2, 0) is 6.54 Å². The first-order valence-electron chi connectivity index (χ1n) is 6.69. The van der Waals surface area contributed by atoms with Crippen molar-refractivity contribution in [1.29, 1.82) is 0 Å². The highest BCUT2D eigenvalue weighted by molar-refractivity contribution is 5.94.